The van der Waals surface area contributed by atoms with Gasteiger partial charge in [-0.3, -0.25) is 4.79 Å². The Bertz CT molecular complexity index is 494. The molecule has 2 amide bonds. The van der Waals surface area contributed by atoms with Crippen LogP contribution in [0.25, 0.3) is 0 Å². The average molecular weight is 296 g/mol. The highest BCUT2D eigenvalue weighted by molar-refractivity contribution is 5.79. The first-order valence-corrected chi connectivity index (χ1v) is 6.84. The first kappa shape index (κ1) is 17.0. The van der Waals surface area contributed by atoms with Gasteiger partial charge >= 0.3 is 12.0 Å². The number of carbonyl (C=O) groups excluding carboxylic acids is 1. The van der Waals surface area contributed by atoms with E-state index < -0.39 is 16.9 Å². The van der Waals surface area contributed by atoms with Crippen molar-refractivity contribution in [1.82, 2.24) is 20.2 Å². The van der Waals surface area contributed by atoms with Crippen LogP contribution in [-0.2, 0) is 11.3 Å². The fourth-order valence-electron chi connectivity index (χ4n) is 1.72. The number of nitrogens with one attached hydrogen (secondary N) is 2. The van der Waals surface area contributed by atoms with Gasteiger partial charge < -0.3 is 20.3 Å². The molecule has 1 unspecified atom stereocenters. The Kier molecular flexibility index (Phi) is 4.98. The van der Waals surface area contributed by atoms with Crippen LogP contribution in [0.3, 0.4) is 0 Å². The normalized spacial score (nSPS) is 13.6. The minimum Gasteiger partial charge on any atom is -0.481 e. The monoisotopic (exact) mass is 296 g/mol. The second kappa shape index (κ2) is 6.15. The second-order valence-corrected chi connectivity index (χ2v) is 6.31. The zero-order valence-corrected chi connectivity index (χ0v) is 13.2. The molecule has 7 heteroatoms. The Morgan fingerprint density at radius 1 is 1.33 bits per heavy atom. The summed E-state index contributed by atoms with van der Waals surface area (Å²) in [6, 6.07) is -0.495. The van der Waals surface area contributed by atoms with Crippen molar-refractivity contribution in [3.05, 3.63) is 18.7 Å². The molecule has 0 aliphatic rings. The van der Waals surface area contributed by atoms with Crippen molar-refractivity contribution < 1.29 is 14.7 Å². The number of carboxylic acids is 1. The standard InChI is InChI=1S/C14H24N4O3/c1-10(8-18-7-6-15-9-18)16-12(21)17-14(4,5)13(2,3)11(19)20/h6-7,9-10H,8H2,1-5H3,(H,19,20)(H2,16,17,21). The maximum Gasteiger partial charge on any atom is 0.315 e. The third-order valence-corrected chi connectivity index (χ3v) is 3.94. The summed E-state index contributed by atoms with van der Waals surface area (Å²) in [6.45, 7) is 9.03. The van der Waals surface area contributed by atoms with E-state index in [9.17, 15) is 14.7 Å². The molecule has 0 radical (unpaired) electrons. The van der Waals surface area contributed by atoms with Crippen LogP contribution in [0.5, 0.6) is 0 Å². The molecule has 7 nitrogen and oxygen atoms in total. The number of urea groups is 1. The van der Waals surface area contributed by atoms with Crippen LogP contribution >= 0.6 is 0 Å². The zero-order valence-electron chi connectivity index (χ0n) is 13.2. The lowest BCUT2D eigenvalue weighted by atomic mass is 9.74. The van der Waals surface area contributed by atoms with Gasteiger partial charge in [0.2, 0.25) is 0 Å². The summed E-state index contributed by atoms with van der Waals surface area (Å²) in [7, 11) is 0. The fourth-order valence-corrected chi connectivity index (χ4v) is 1.72. The SMILES string of the molecule is CC(Cn1ccnc1)NC(=O)NC(C)(C)C(C)(C)C(=O)O. The van der Waals surface area contributed by atoms with Crippen molar-refractivity contribution in [2.24, 2.45) is 5.41 Å². The van der Waals surface area contributed by atoms with Crippen molar-refractivity contribution >= 4 is 12.0 Å². The minimum absolute atomic E-state index is 0.108. The summed E-state index contributed by atoms with van der Waals surface area (Å²) < 4.78 is 1.86. The smallest absolute Gasteiger partial charge is 0.315 e. The van der Waals surface area contributed by atoms with E-state index in [2.05, 4.69) is 15.6 Å². The lowest BCUT2D eigenvalue weighted by molar-refractivity contribution is -0.150. The molecule has 1 aromatic rings. The molecule has 1 rings (SSSR count). The quantitative estimate of drug-likeness (QED) is 0.740. The summed E-state index contributed by atoms with van der Waals surface area (Å²) in [4.78, 5) is 27.3. The number of rotatable bonds is 6. The van der Waals surface area contributed by atoms with E-state index >= 15 is 0 Å². The minimum atomic E-state index is -1.09. The van der Waals surface area contributed by atoms with Gasteiger partial charge in [0.1, 0.15) is 0 Å². The van der Waals surface area contributed by atoms with Gasteiger partial charge in [-0.1, -0.05) is 0 Å². The summed E-state index contributed by atoms with van der Waals surface area (Å²) in [6.07, 6.45) is 5.16. The molecule has 1 heterocycles. The van der Waals surface area contributed by atoms with E-state index in [1.807, 2.05) is 17.7 Å². The lowest BCUT2D eigenvalue weighted by Crippen LogP contribution is -2.60. The maximum absolute atomic E-state index is 12.0. The number of aromatic nitrogens is 2. The number of hydrogen-bond donors (Lipinski definition) is 3. The van der Waals surface area contributed by atoms with Crippen LogP contribution in [0.4, 0.5) is 4.79 Å². The van der Waals surface area contributed by atoms with E-state index in [1.54, 1.807) is 40.2 Å². The number of amides is 2. The van der Waals surface area contributed by atoms with E-state index in [4.69, 9.17) is 0 Å². The first-order valence-electron chi connectivity index (χ1n) is 6.84. The Morgan fingerprint density at radius 3 is 2.43 bits per heavy atom. The highest BCUT2D eigenvalue weighted by Gasteiger charge is 2.44. The number of imidazole rings is 1. The maximum atomic E-state index is 12.0. The van der Waals surface area contributed by atoms with E-state index in [1.165, 1.54) is 0 Å². The number of nitrogens with zero attached hydrogens (tertiary/aromatic N) is 2. The van der Waals surface area contributed by atoms with Gasteiger partial charge in [0, 0.05) is 25.0 Å². The molecule has 0 fully saturated rings. The van der Waals surface area contributed by atoms with Crippen LogP contribution in [0.1, 0.15) is 34.6 Å². The Labute approximate surface area is 124 Å². The van der Waals surface area contributed by atoms with Crippen molar-refractivity contribution in [3.8, 4) is 0 Å². The number of hydrogen-bond acceptors (Lipinski definition) is 3. The average Bonchev–Trinajstić information content (AvgIpc) is 2.79. The Hall–Kier alpha value is -2.05. The predicted molar refractivity (Wildman–Crippen MR) is 78.9 cm³/mol. The van der Waals surface area contributed by atoms with Gasteiger partial charge in [0.05, 0.1) is 17.3 Å². The number of aliphatic carboxylic acids is 1. The third kappa shape index (κ3) is 4.21. The van der Waals surface area contributed by atoms with Crippen LogP contribution in [0, 0.1) is 5.41 Å². The summed E-state index contributed by atoms with van der Waals surface area (Å²) in [5, 5.41) is 14.8. The number of carbonyl (C=O) groups is 2. The van der Waals surface area contributed by atoms with Gasteiger partial charge in [0.15, 0.2) is 0 Å². The van der Waals surface area contributed by atoms with Crippen molar-refractivity contribution in [2.45, 2.75) is 52.7 Å². The van der Waals surface area contributed by atoms with Crippen molar-refractivity contribution in [1.29, 1.82) is 0 Å². The van der Waals surface area contributed by atoms with Crippen LogP contribution < -0.4 is 10.6 Å². The van der Waals surface area contributed by atoms with E-state index in [0.29, 0.717) is 6.54 Å². The summed E-state index contributed by atoms with van der Waals surface area (Å²) in [5.41, 5.74) is -1.98. The van der Waals surface area contributed by atoms with Crippen molar-refractivity contribution in [3.63, 3.8) is 0 Å². The Balaban J connectivity index is 2.58. The second-order valence-electron chi connectivity index (χ2n) is 6.31. The number of carboxylic acid groups (broad SMARTS) is 1. The molecule has 1 atom stereocenters. The molecule has 3 N–H and O–H groups in total. The fraction of sp³-hybridized carbons (Fsp3) is 0.643. The molecule has 1 aromatic heterocycles. The van der Waals surface area contributed by atoms with Gasteiger partial charge in [-0.25, -0.2) is 9.78 Å². The van der Waals surface area contributed by atoms with Crippen LogP contribution in [0.2, 0.25) is 0 Å². The van der Waals surface area contributed by atoms with E-state index in [-0.39, 0.29) is 12.1 Å². The molecule has 0 spiro atoms. The van der Waals surface area contributed by atoms with Gasteiger partial charge in [-0.05, 0) is 34.6 Å². The highest BCUT2D eigenvalue weighted by atomic mass is 16.4. The van der Waals surface area contributed by atoms with Crippen LogP contribution in [0.15, 0.2) is 18.7 Å². The van der Waals surface area contributed by atoms with Crippen molar-refractivity contribution in [2.75, 3.05) is 0 Å². The highest BCUT2D eigenvalue weighted by Crippen LogP contribution is 2.30. The molecule has 118 valence electrons. The summed E-state index contributed by atoms with van der Waals surface area (Å²) in [5.74, 6) is -0.959. The third-order valence-electron chi connectivity index (χ3n) is 3.94. The zero-order chi connectivity index (χ0) is 16.3. The molecule has 0 saturated carbocycles. The largest absolute Gasteiger partial charge is 0.481 e. The van der Waals surface area contributed by atoms with Gasteiger partial charge in [-0.2, -0.15) is 0 Å². The molecule has 0 saturated heterocycles. The molecule has 0 aliphatic carbocycles. The first-order chi connectivity index (χ1) is 9.56. The molecular formula is C14H24N4O3. The van der Waals surface area contributed by atoms with E-state index in [0.717, 1.165) is 0 Å². The molecular weight excluding hydrogens is 272 g/mol. The topological polar surface area (TPSA) is 96.3 Å². The summed E-state index contributed by atoms with van der Waals surface area (Å²) >= 11 is 0. The van der Waals surface area contributed by atoms with Gasteiger partial charge in [0.25, 0.3) is 0 Å². The Morgan fingerprint density at radius 2 is 1.95 bits per heavy atom. The molecule has 21 heavy (non-hydrogen) atoms. The molecule has 0 aliphatic heterocycles. The van der Waals surface area contributed by atoms with Crippen LogP contribution in [-0.4, -0.2) is 38.2 Å². The molecule has 0 aromatic carbocycles. The molecule has 0 bridgehead atoms. The lowest BCUT2D eigenvalue weighted by Gasteiger charge is -2.39. The van der Waals surface area contributed by atoms with Gasteiger partial charge in [-0.15, -0.1) is 0 Å². The predicted octanol–water partition coefficient (Wildman–Crippen LogP) is 1.46.